The molecule has 3 aromatic carbocycles. The molecular weight excluding hydrogens is 498 g/mol. The molecule has 3 rings (SSSR count). The highest BCUT2D eigenvalue weighted by Crippen LogP contribution is 2.21. The van der Waals surface area contributed by atoms with Crippen molar-refractivity contribution in [3.05, 3.63) is 101 Å². The number of nitrogens with one attached hydrogen (secondary N) is 1. The molecule has 2 amide bonds. The molecule has 0 radical (unpaired) electrons. The molecule has 0 spiro atoms. The Morgan fingerprint density at radius 1 is 0.816 bits per heavy atom. The Hall–Kier alpha value is -3.65. The fourth-order valence-electron chi connectivity index (χ4n) is 4.15. The summed E-state index contributed by atoms with van der Waals surface area (Å²) in [6.07, 6.45) is 1.37. The number of hydrogen-bond donors (Lipinski definition) is 1. The van der Waals surface area contributed by atoms with Crippen LogP contribution in [-0.2, 0) is 32.6 Å². The van der Waals surface area contributed by atoms with Gasteiger partial charge < -0.3 is 10.2 Å². The second-order valence-corrected chi connectivity index (χ2v) is 11.9. The van der Waals surface area contributed by atoms with Crippen molar-refractivity contribution in [3.8, 4) is 0 Å². The van der Waals surface area contributed by atoms with Crippen LogP contribution in [0.3, 0.4) is 0 Å². The highest BCUT2D eigenvalue weighted by atomic mass is 32.2. The Kier molecular flexibility index (Phi) is 9.69. The average molecular weight is 536 g/mol. The Morgan fingerprint density at radius 3 is 1.89 bits per heavy atom. The fraction of sp³-hybridized carbons (Fsp3) is 0.333. The number of aryl methyl sites for hydroxylation is 2. The van der Waals surface area contributed by atoms with Crippen molar-refractivity contribution in [3.63, 3.8) is 0 Å². The standard InChI is InChI=1S/C30H37N3O4S/c1-22(2)31-30(35)28(19-25-9-7-6-8-10-25)32(20-26-15-11-23(3)12-16-26)29(34)21-33(38(5,36)37)27-17-13-24(4)14-18-27/h6-18,22,28H,19-21H2,1-5H3,(H,31,35)/t28-/m1/s1. The molecule has 0 unspecified atom stereocenters. The Balaban J connectivity index is 2.04. The summed E-state index contributed by atoms with van der Waals surface area (Å²) in [5, 5.41) is 2.95. The number of hydrogen-bond acceptors (Lipinski definition) is 4. The first-order valence-electron chi connectivity index (χ1n) is 12.7. The minimum atomic E-state index is -3.78. The molecule has 0 fully saturated rings. The van der Waals surface area contributed by atoms with Gasteiger partial charge in [-0.15, -0.1) is 0 Å². The van der Waals surface area contributed by atoms with Crippen molar-refractivity contribution in [2.75, 3.05) is 17.1 Å². The van der Waals surface area contributed by atoms with E-state index in [0.29, 0.717) is 12.1 Å². The van der Waals surface area contributed by atoms with Gasteiger partial charge in [0.25, 0.3) is 0 Å². The molecule has 8 heteroatoms. The van der Waals surface area contributed by atoms with Crippen molar-refractivity contribution >= 4 is 27.5 Å². The van der Waals surface area contributed by atoms with Gasteiger partial charge in [-0.2, -0.15) is 0 Å². The molecule has 1 N–H and O–H groups in total. The van der Waals surface area contributed by atoms with Gasteiger partial charge in [0.2, 0.25) is 21.8 Å². The quantitative estimate of drug-likeness (QED) is 0.398. The molecule has 0 bridgehead atoms. The maximum Gasteiger partial charge on any atom is 0.244 e. The third-order valence-corrected chi connectivity index (χ3v) is 7.32. The highest BCUT2D eigenvalue weighted by molar-refractivity contribution is 7.92. The summed E-state index contributed by atoms with van der Waals surface area (Å²) < 4.78 is 26.7. The van der Waals surface area contributed by atoms with E-state index < -0.39 is 28.5 Å². The minimum absolute atomic E-state index is 0.128. The molecule has 38 heavy (non-hydrogen) atoms. The van der Waals surface area contributed by atoms with Crippen molar-refractivity contribution < 1.29 is 18.0 Å². The monoisotopic (exact) mass is 535 g/mol. The molecule has 0 aliphatic rings. The number of sulfonamides is 1. The van der Waals surface area contributed by atoms with E-state index in [-0.39, 0.29) is 18.5 Å². The largest absolute Gasteiger partial charge is 0.352 e. The van der Waals surface area contributed by atoms with E-state index in [9.17, 15) is 18.0 Å². The maximum absolute atomic E-state index is 14.0. The van der Waals surface area contributed by atoms with E-state index >= 15 is 0 Å². The smallest absolute Gasteiger partial charge is 0.244 e. The number of rotatable bonds is 11. The fourth-order valence-corrected chi connectivity index (χ4v) is 5.00. The van der Waals surface area contributed by atoms with Gasteiger partial charge in [0.15, 0.2) is 0 Å². The van der Waals surface area contributed by atoms with Crippen molar-refractivity contribution in [1.29, 1.82) is 0 Å². The van der Waals surface area contributed by atoms with Gasteiger partial charge in [-0.1, -0.05) is 77.9 Å². The lowest BCUT2D eigenvalue weighted by molar-refractivity contribution is -0.140. The normalized spacial score (nSPS) is 12.2. The van der Waals surface area contributed by atoms with Crippen LogP contribution in [0.15, 0.2) is 78.9 Å². The first-order chi connectivity index (χ1) is 17.9. The van der Waals surface area contributed by atoms with Crippen LogP contribution in [0.5, 0.6) is 0 Å². The zero-order valence-electron chi connectivity index (χ0n) is 22.7. The average Bonchev–Trinajstić information content (AvgIpc) is 2.86. The Bertz CT molecular complexity index is 1320. The number of nitrogens with zero attached hydrogens (tertiary/aromatic N) is 2. The van der Waals surface area contributed by atoms with Gasteiger partial charge in [0.05, 0.1) is 11.9 Å². The molecule has 0 aliphatic heterocycles. The summed E-state index contributed by atoms with van der Waals surface area (Å²) in [6, 6.07) is 23.3. The molecule has 3 aromatic rings. The molecule has 0 heterocycles. The van der Waals surface area contributed by atoms with E-state index in [1.54, 1.807) is 24.3 Å². The van der Waals surface area contributed by atoms with Gasteiger partial charge >= 0.3 is 0 Å². The summed E-state index contributed by atoms with van der Waals surface area (Å²) in [7, 11) is -3.78. The molecule has 0 aliphatic carbocycles. The topological polar surface area (TPSA) is 86.8 Å². The third-order valence-electron chi connectivity index (χ3n) is 6.18. The third kappa shape index (κ3) is 8.18. The van der Waals surface area contributed by atoms with Gasteiger partial charge in [-0.25, -0.2) is 8.42 Å². The summed E-state index contributed by atoms with van der Waals surface area (Å²) in [4.78, 5) is 29.0. The number of carbonyl (C=O) groups excluding carboxylic acids is 2. The van der Waals surface area contributed by atoms with E-state index in [1.807, 2.05) is 82.3 Å². The molecule has 7 nitrogen and oxygen atoms in total. The van der Waals surface area contributed by atoms with E-state index in [4.69, 9.17) is 0 Å². The van der Waals surface area contributed by atoms with Crippen LogP contribution in [0.2, 0.25) is 0 Å². The summed E-state index contributed by atoms with van der Waals surface area (Å²) >= 11 is 0. The lowest BCUT2D eigenvalue weighted by Crippen LogP contribution is -2.54. The second kappa shape index (κ2) is 12.7. The number of carbonyl (C=O) groups is 2. The van der Waals surface area contributed by atoms with Crippen molar-refractivity contribution in [2.24, 2.45) is 0 Å². The molecule has 0 saturated carbocycles. The number of anilines is 1. The van der Waals surface area contributed by atoms with Crippen molar-refractivity contribution in [1.82, 2.24) is 10.2 Å². The predicted octanol–water partition coefficient (Wildman–Crippen LogP) is 4.23. The maximum atomic E-state index is 14.0. The van der Waals surface area contributed by atoms with Gasteiger partial charge in [0.1, 0.15) is 12.6 Å². The van der Waals surface area contributed by atoms with Crippen LogP contribution in [0.1, 0.15) is 36.1 Å². The summed E-state index contributed by atoms with van der Waals surface area (Å²) in [5.41, 5.74) is 4.20. The Morgan fingerprint density at radius 2 is 1.37 bits per heavy atom. The molecule has 1 atom stereocenters. The molecular formula is C30H37N3O4S. The molecule has 0 aromatic heterocycles. The summed E-state index contributed by atoms with van der Waals surface area (Å²) in [6.45, 7) is 7.36. The SMILES string of the molecule is Cc1ccc(CN(C(=O)CN(c2ccc(C)cc2)S(C)(=O)=O)[C@H](Cc2ccccc2)C(=O)NC(C)C)cc1. The number of amides is 2. The van der Waals surface area contributed by atoms with E-state index in [1.165, 1.54) is 4.90 Å². The van der Waals surface area contributed by atoms with Crippen LogP contribution >= 0.6 is 0 Å². The van der Waals surface area contributed by atoms with Gasteiger partial charge in [-0.05, 0) is 51.0 Å². The van der Waals surface area contributed by atoms with Gasteiger partial charge in [0, 0.05) is 19.0 Å². The van der Waals surface area contributed by atoms with Crippen molar-refractivity contribution in [2.45, 2.75) is 52.7 Å². The lowest BCUT2D eigenvalue weighted by atomic mass is 10.0. The summed E-state index contributed by atoms with van der Waals surface area (Å²) in [5.74, 6) is -0.748. The zero-order chi connectivity index (χ0) is 27.9. The zero-order valence-corrected chi connectivity index (χ0v) is 23.5. The van der Waals surface area contributed by atoms with Crippen LogP contribution < -0.4 is 9.62 Å². The van der Waals surface area contributed by atoms with Crippen LogP contribution in [-0.4, -0.2) is 50.0 Å². The minimum Gasteiger partial charge on any atom is -0.352 e. The van der Waals surface area contributed by atoms with Crippen LogP contribution in [0.25, 0.3) is 0 Å². The van der Waals surface area contributed by atoms with Crippen LogP contribution in [0, 0.1) is 13.8 Å². The second-order valence-electron chi connectivity index (χ2n) is 9.98. The first-order valence-corrected chi connectivity index (χ1v) is 14.5. The van der Waals surface area contributed by atoms with E-state index in [0.717, 1.165) is 32.8 Å². The number of benzene rings is 3. The lowest BCUT2D eigenvalue weighted by Gasteiger charge is -2.34. The van der Waals surface area contributed by atoms with Gasteiger partial charge in [-0.3, -0.25) is 13.9 Å². The molecule has 202 valence electrons. The predicted molar refractivity (Wildman–Crippen MR) is 152 cm³/mol. The van der Waals surface area contributed by atoms with Crippen LogP contribution in [0.4, 0.5) is 5.69 Å². The molecule has 0 saturated heterocycles. The first kappa shape index (κ1) is 28.9. The Labute approximate surface area is 226 Å². The van der Waals surface area contributed by atoms with E-state index in [2.05, 4.69) is 5.32 Å². The highest BCUT2D eigenvalue weighted by Gasteiger charge is 2.33.